The van der Waals surface area contributed by atoms with Gasteiger partial charge in [-0.1, -0.05) is 0 Å². The van der Waals surface area contributed by atoms with Crippen LogP contribution >= 0.6 is 0 Å². The number of nitrogen functional groups attached to an aromatic ring is 1. The molecule has 0 saturated heterocycles. The van der Waals surface area contributed by atoms with Crippen LogP contribution in [-0.2, 0) is 12.8 Å². The Labute approximate surface area is 107 Å². The van der Waals surface area contributed by atoms with Crippen molar-refractivity contribution in [1.82, 2.24) is 4.98 Å². The number of ether oxygens (including phenoxy) is 1. The molecule has 2 N–H and O–H groups in total. The average Bonchev–Trinajstić information content (AvgIpc) is 2.37. The summed E-state index contributed by atoms with van der Waals surface area (Å²) in [5, 5.41) is 0. The molecule has 2 aromatic rings. The molecule has 2 rings (SSSR count). The van der Waals surface area contributed by atoms with E-state index in [2.05, 4.69) is 4.98 Å². The number of halogens is 3. The highest BCUT2D eigenvalue weighted by Crippen LogP contribution is 2.30. The van der Waals surface area contributed by atoms with E-state index in [0.717, 1.165) is 17.7 Å². The molecular weight excluding hydrogens is 257 g/mol. The number of nitrogens with two attached hydrogens (primary N) is 1. The van der Waals surface area contributed by atoms with Crippen LogP contribution in [0.25, 0.3) is 0 Å². The summed E-state index contributed by atoms with van der Waals surface area (Å²) in [6.45, 7) is 0.180. The zero-order chi connectivity index (χ0) is 13.9. The fourth-order valence-corrected chi connectivity index (χ4v) is 1.47. The smallest absolute Gasteiger partial charge is 0.416 e. The van der Waals surface area contributed by atoms with Crippen molar-refractivity contribution < 1.29 is 17.9 Å². The molecule has 0 saturated carbocycles. The molecule has 0 aliphatic rings. The maximum atomic E-state index is 12.4. The van der Waals surface area contributed by atoms with Crippen molar-refractivity contribution in [2.24, 2.45) is 0 Å². The zero-order valence-corrected chi connectivity index (χ0v) is 9.82. The van der Waals surface area contributed by atoms with Crippen LogP contribution in [0.1, 0.15) is 11.1 Å². The molecule has 0 spiro atoms. The lowest BCUT2D eigenvalue weighted by molar-refractivity contribution is -0.137. The monoisotopic (exact) mass is 268 g/mol. The molecule has 0 amide bonds. The van der Waals surface area contributed by atoms with Crippen molar-refractivity contribution in [1.29, 1.82) is 0 Å². The van der Waals surface area contributed by atoms with Gasteiger partial charge in [-0.05, 0) is 30.3 Å². The van der Waals surface area contributed by atoms with Gasteiger partial charge in [0.05, 0.1) is 17.4 Å². The van der Waals surface area contributed by atoms with Crippen LogP contribution in [0.15, 0.2) is 42.7 Å². The summed E-state index contributed by atoms with van der Waals surface area (Å²) >= 11 is 0. The average molecular weight is 268 g/mol. The summed E-state index contributed by atoms with van der Waals surface area (Å²) in [7, 11) is 0. The van der Waals surface area contributed by atoms with Crippen molar-refractivity contribution in [3.63, 3.8) is 0 Å². The zero-order valence-electron chi connectivity index (χ0n) is 9.82. The van der Waals surface area contributed by atoms with Crippen LogP contribution in [0.5, 0.6) is 5.75 Å². The summed E-state index contributed by atoms with van der Waals surface area (Å²) in [5.74, 6) is 0.351. The summed E-state index contributed by atoms with van der Waals surface area (Å²) in [5.41, 5.74) is 6.18. The summed E-state index contributed by atoms with van der Waals surface area (Å²) in [6.07, 6.45) is -1.28. The van der Waals surface area contributed by atoms with Crippen LogP contribution in [0.4, 0.5) is 18.9 Å². The van der Waals surface area contributed by atoms with Crippen LogP contribution < -0.4 is 10.5 Å². The number of aromatic nitrogens is 1. The number of nitrogens with zero attached hydrogens (tertiary/aromatic N) is 1. The second-order valence-electron chi connectivity index (χ2n) is 3.89. The normalized spacial score (nSPS) is 11.3. The Hall–Kier alpha value is -2.24. The second kappa shape index (κ2) is 5.17. The number of anilines is 1. The number of hydrogen-bond donors (Lipinski definition) is 1. The van der Waals surface area contributed by atoms with E-state index >= 15 is 0 Å². The minimum Gasteiger partial charge on any atom is -0.489 e. The van der Waals surface area contributed by atoms with Gasteiger partial charge >= 0.3 is 6.18 Å². The van der Waals surface area contributed by atoms with Gasteiger partial charge < -0.3 is 10.5 Å². The topological polar surface area (TPSA) is 48.1 Å². The van der Waals surface area contributed by atoms with E-state index in [9.17, 15) is 13.2 Å². The van der Waals surface area contributed by atoms with Crippen molar-refractivity contribution >= 4 is 5.69 Å². The number of pyridine rings is 1. The lowest BCUT2D eigenvalue weighted by Gasteiger charge is -2.10. The Bertz CT molecular complexity index is 553. The van der Waals surface area contributed by atoms with Gasteiger partial charge in [0, 0.05) is 11.8 Å². The SMILES string of the molecule is Nc1cnccc1COc1ccc(C(F)(F)F)cc1. The van der Waals surface area contributed by atoms with Crippen LogP contribution in [-0.4, -0.2) is 4.98 Å². The first-order valence-electron chi connectivity index (χ1n) is 5.45. The summed E-state index contributed by atoms with van der Waals surface area (Å²) < 4.78 is 42.4. The molecule has 1 aromatic heterocycles. The molecule has 6 heteroatoms. The highest BCUT2D eigenvalue weighted by atomic mass is 19.4. The van der Waals surface area contributed by atoms with E-state index in [4.69, 9.17) is 10.5 Å². The van der Waals surface area contributed by atoms with Crippen LogP contribution in [0.2, 0.25) is 0 Å². The van der Waals surface area contributed by atoms with Gasteiger partial charge in [0.2, 0.25) is 0 Å². The highest BCUT2D eigenvalue weighted by Gasteiger charge is 2.29. The predicted octanol–water partition coefficient (Wildman–Crippen LogP) is 3.26. The van der Waals surface area contributed by atoms with Crippen molar-refractivity contribution in [2.75, 3.05) is 5.73 Å². The van der Waals surface area contributed by atoms with E-state index in [1.807, 2.05) is 0 Å². The first kappa shape index (κ1) is 13.2. The molecule has 0 fully saturated rings. The first-order valence-corrected chi connectivity index (χ1v) is 5.45. The predicted molar refractivity (Wildman–Crippen MR) is 64.4 cm³/mol. The van der Waals surface area contributed by atoms with E-state index < -0.39 is 11.7 Å². The lowest BCUT2D eigenvalue weighted by atomic mass is 10.2. The van der Waals surface area contributed by atoms with Gasteiger partial charge in [-0.2, -0.15) is 13.2 Å². The van der Waals surface area contributed by atoms with Gasteiger partial charge in [-0.15, -0.1) is 0 Å². The van der Waals surface area contributed by atoms with Gasteiger partial charge in [-0.3, -0.25) is 4.98 Å². The van der Waals surface area contributed by atoms with Crippen molar-refractivity contribution in [2.45, 2.75) is 12.8 Å². The highest BCUT2D eigenvalue weighted by molar-refractivity contribution is 5.43. The van der Waals surface area contributed by atoms with Gasteiger partial charge in [0.1, 0.15) is 12.4 Å². The molecule has 0 atom stereocenters. The van der Waals surface area contributed by atoms with Gasteiger partial charge in [-0.25, -0.2) is 0 Å². The Morgan fingerprint density at radius 3 is 2.37 bits per heavy atom. The third-order valence-corrected chi connectivity index (χ3v) is 2.52. The number of rotatable bonds is 3. The third-order valence-electron chi connectivity index (χ3n) is 2.52. The first-order chi connectivity index (χ1) is 8.97. The van der Waals surface area contributed by atoms with E-state index in [1.165, 1.54) is 18.3 Å². The Morgan fingerprint density at radius 2 is 1.79 bits per heavy atom. The minimum atomic E-state index is -4.34. The van der Waals surface area contributed by atoms with E-state index in [0.29, 0.717) is 11.4 Å². The van der Waals surface area contributed by atoms with Crippen molar-refractivity contribution in [3.05, 3.63) is 53.9 Å². The molecule has 0 aliphatic heterocycles. The molecule has 0 bridgehead atoms. The van der Waals surface area contributed by atoms with Crippen LogP contribution in [0.3, 0.4) is 0 Å². The molecule has 3 nitrogen and oxygen atoms in total. The largest absolute Gasteiger partial charge is 0.489 e. The summed E-state index contributed by atoms with van der Waals surface area (Å²) in [6, 6.07) is 6.20. The molecule has 0 radical (unpaired) electrons. The number of benzene rings is 1. The molecular formula is C13H11F3N2O. The maximum Gasteiger partial charge on any atom is 0.416 e. The molecule has 0 aliphatic carbocycles. The van der Waals surface area contributed by atoms with Crippen LogP contribution in [0, 0.1) is 0 Å². The Balaban J connectivity index is 2.03. The third kappa shape index (κ3) is 3.37. The molecule has 19 heavy (non-hydrogen) atoms. The lowest BCUT2D eigenvalue weighted by Crippen LogP contribution is -2.05. The van der Waals surface area contributed by atoms with E-state index in [1.54, 1.807) is 12.3 Å². The minimum absolute atomic E-state index is 0.180. The molecule has 100 valence electrons. The molecule has 1 aromatic carbocycles. The van der Waals surface area contributed by atoms with Crippen molar-refractivity contribution in [3.8, 4) is 5.75 Å². The Kier molecular flexibility index (Phi) is 3.59. The fraction of sp³-hybridized carbons (Fsp3) is 0.154. The fourth-order valence-electron chi connectivity index (χ4n) is 1.47. The maximum absolute atomic E-state index is 12.4. The number of hydrogen-bond acceptors (Lipinski definition) is 3. The number of alkyl halides is 3. The van der Waals surface area contributed by atoms with E-state index in [-0.39, 0.29) is 6.61 Å². The molecule has 0 unspecified atom stereocenters. The molecule has 1 heterocycles. The summed E-state index contributed by atoms with van der Waals surface area (Å²) in [4.78, 5) is 3.83. The standard InChI is InChI=1S/C13H11F3N2O/c14-13(15,16)10-1-3-11(4-2-10)19-8-9-5-6-18-7-12(9)17/h1-7H,8,17H2. The van der Waals surface area contributed by atoms with Gasteiger partial charge in [0.25, 0.3) is 0 Å². The van der Waals surface area contributed by atoms with Gasteiger partial charge in [0.15, 0.2) is 0 Å². The second-order valence-corrected chi connectivity index (χ2v) is 3.89. The quantitative estimate of drug-likeness (QED) is 0.929. The Morgan fingerprint density at radius 1 is 1.11 bits per heavy atom.